The van der Waals surface area contributed by atoms with Gasteiger partial charge in [0.15, 0.2) is 0 Å². The molecule has 0 aliphatic rings. The Balaban J connectivity index is 1.90. The van der Waals surface area contributed by atoms with Crippen LogP contribution in [0.15, 0.2) is 48.7 Å². The van der Waals surface area contributed by atoms with E-state index in [1.165, 1.54) is 12.1 Å². The zero-order valence-electron chi connectivity index (χ0n) is 11.6. The molecule has 0 amide bonds. The van der Waals surface area contributed by atoms with Crippen molar-refractivity contribution in [2.24, 2.45) is 0 Å². The molecule has 0 saturated heterocycles. The molecular weight excluding hydrogens is 289 g/mol. The van der Waals surface area contributed by atoms with Crippen molar-refractivity contribution in [2.45, 2.75) is 20.1 Å². The summed E-state index contributed by atoms with van der Waals surface area (Å²) in [5, 5.41) is 1.83. The fourth-order valence-electron chi connectivity index (χ4n) is 2.44. The topological polar surface area (TPSA) is 14.2 Å². The Bertz CT molecular complexity index is 764. The van der Waals surface area contributed by atoms with Crippen LogP contribution in [0.5, 0.6) is 5.75 Å². The van der Waals surface area contributed by atoms with Crippen LogP contribution in [0.4, 0.5) is 4.39 Å². The predicted molar refractivity (Wildman–Crippen MR) is 83.4 cm³/mol. The lowest BCUT2D eigenvalue weighted by molar-refractivity contribution is 0.307. The van der Waals surface area contributed by atoms with E-state index in [1.807, 2.05) is 18.2 Å². The molecule has 0 bridgehead atoms. The lowest BCUT2D eigenvalue weighted by atomic mass is 10.2. The van der Waals surface area contributed by atoms with Crippen LogP contribution < -0.4 is 4.74 Å². The average molecular weight is 304 g/mol. The van der Waals surface area contributed by atoms with Crippen molar-refractivity contribution < 1.29 is 9.13 Å². The third kappa shape index (κ3) is 2.74. The van der Waals surface area contributed by atoms with E-state index in [-0.39, 0.29) is 5.82 Å². The van der Waals surface area contributed by atoms with E-state index in [0.29, 0.717) is 12.4 Å². The number of ether oxygens (including phenoxy) is 1. The molecule has 0 saturated carbocycles. The fourth-order valence-corrected chi connectivity index (χ4v) is 2.73. The normalized spacial score (nSPS) is 11.0. The van der Waals surface area contributed by atoms with E-state index >= 15 is 0 Å². The molecule has 2 aromatic carbocycles. The van der Waals surface area contributed by atoms with Gasteiger partial charge in [0.05, 0.1) is 10.5 Å². The average Bonchev–Trinajstić information content (AvgIpc) is 2.86. The summed E-state index contributed by atoms with van der Waals surface area (Å²) >= 11 is 6.29. The van der Waals surface area contributed by atoms with Crippen molar-refractivity contribution in [3.8, 4) is 5.75 Å². The number of para-hydroxylation sites is 1. The highest BCUT2D eigenvalue weighted by Crippen LogP contribution is 2.29. The number of rotatable bonds is 4. The van der Waals surface area contributed by atoms with Crippen LogP contribution in [0.1, 0.15) is 12.5 Å². The van der Waals surface area contributed by atoms with Gasteiger partial charge >= 0.3 is 0 Å². The SMILES string of the molecule is CCn1cc(COc2ccc(F)cc2)c2cccc(Cl)c21. The van der Waals surface area contributed by atoms with Crippen molar-refractivity contribution in [2.75, 3.05) is 0 Å². The second kappa shape index (κ2) is 5.78. The summed E-state index contributed by atoms with van der Waals surface area (Å²) in [6, 6.07) is 11.9. The summed E-state index contributed by atoms with van der Waals surface area (Å²) in [6.07, 6.45) is 2.06. The zero-order valence-corrected chi connectivity index (χ0v) is 12.4. The molecule has 4 heteroatoms. The molecule has 21 heavy (non-hydrogen) atoms. The third-order valence-electron chi connectivity index (χ3n) is 3.48. The van der Waals surface area contributed by atoms with Crippen LogP contribution in [0, 0.1) is 5.82 Å². The van der Waals surface area contributed by atoms with Gasteiger partial charge in [-0.25, -0.2) is 4.39 Å². The van der Waals surface area contributed by atoms with Gasteiger partial charge in [-0.1, -0.05) is 23.7 Å². The Hall–Kier alpha value is -2.00. The number of nitrogens with zero attached hydrogens (tertiary/aromatic N) is 1. The van der Waals surface area contributed by atoms with Gasteiger partial charge in [-0.2, -0.15) is 0 Å². The maximum Gasteiger partial charge on any atom is 0.123 e. The quantitative estimate of drug-likeness (QED) is 0.659. The summed E-state index contributed by atoms with van der Waals surface area (Å²) in [7, 11) is 0. The highest BCUT2D eigenvalue weighted by atomic mass is 35.5. The summed E-state index contributed by atoms with van der Waals surface area (Å²) < 4.78 is 20.7. The van der Waals surface area contributed by atoms with Crippen LogP contribution in [0.25, 0.3) is 10.9 Å². The zero-order chi connectivity index (χ0) is 14.8. The number of benzene rings is 2. The Morgan fingerprint density at radius 1 is 1.14 bits per heavy atom. The number of hydrogen-bond acceptors (Lipinski definition) is 1. The van der Waals surface area contributed by atoms with Crippen molar-refractivity contribution in [3.05, 3.63) is 65.1 Å². The highest BCUT2D eigenvalue weighted by molar-refractivity contribution is 6.35. The number of aromatic nitrogens is 1. The van der Waals surface area contributed by atoms with E-state index < -0.39 is 0 Å². The standard InChI is InChI=1S/C17H15ClFNO/c1-2-20-10-12(15-4-3-5-16(18)17(15)20)11-21-14-8-6-13(19)7-9-14/h3-10H,2,11H2,1H3. The van der Waals surface area contributed by atoms with Gasteiger partial charge < -0.3 is 9.30 Å². The summed E-state index contributed by atoms with van der Waals surface area (Å²) in [5.41, 5.74) is 2.10. The minimum Gasteiger partial charge on any atom is -0.489 e. The molecule has 2 nitrogen and oxygen atoms in total. The second-order valence-electron chi connectivity index (χ2n) is 4.82. The molecule has 0 aliphatic carbocycles. The molecule has 3 aromatic rings. The largest absolute Gasteiger partial charge is 0.489 e. The number of hydrogen-bond donors (Lipinski definition) is 0. The molecule has 0 fully saturated rings. The minimum absolute atomic E-state index is 0.267. The van der Waals surface area contributed by atoms with Gasteiger partial charge in [-0.15, -0.1) is 0 Å². The summed E-state index contributed by atoms with van der Waals surface area (Å²) in [4.78, 5) is 0. The number of aryl methyl sites for hydroxylation is 1. The molecule has 1 aromatic heterocycles. The molecular formula is C17H15ClFNO. The van der Waals surface area contributed by atoms with Gasteiger partial charge in [0, 0.05) is 23.7 Å². The Kier molecular flexibility index (Phi) is 3.84. The lowest BCUT2D eigenvalue weighted by Crippen LogP contribution is -1.95. The van der Waals surface area contributed by atoms with Gasteiger partial charge in [-0.3, -0.25) is 0 Å². The van der Waals surface area contributed by atoms with Gasteiger partial charge in [0.25, 0.3) is 0 Å². The molecule has 1 heterocycles. The van der Waals surface area contributed by atoms with Crippen LogP contribution in [0.2, 0.25) is 5.02 Å². The third-order valence-corrected chi connectivity index (χ3v) is 3.79. The Morgan fingerprint density at radius 3 is 2.62 bits per heavy atom. The van der Waals surface area contributed by atoms with Crippen LogP contribution >= 0.6 is 11.6 Å². The van der Waals surface area contributed by atoms with Gasteiger partial charge in [0.1, 0.15) is 18.2 Å². The number of halogens is 2. The first-order valence-electron chi connectivity index (χ1n) is 6.83. The molecule has 0 spiro atoms. The van der Waals surface area contributed by atoms with E-state index in [4.69, 9.17) is 16.3 Å². The smallest absolute Gasteiger partial charge is 0.123 e. The van der Waals surface area contributed by atoms with Crippen LogP contribution in [0.3, 0.4) is 0 Å². The minimum atomic E-state index is -0.267. The molecule has 0 radical (unpaired) electrons. The Labute approximate surface area is 127 Å². The molecule has 0 atom stereocenters. The summed E-state index contributed by atoms with van der Waals surface area (Å²) in [5.74, 6) is 0.382. The molecule has 108 valence electrons. The molecule has 3 rings (SSSR count). The first-order valence-corrected chi connectivity index (χ1v) is 7.21. The maximum absolute atomic E-state index is 12.9. The fraction of sp³-hybridized carbons (Fsp3) is 0.176. The van der Waals surface area contributed by atoms with E-state index in [9.17, 15) is 4.39 Å². The predicted octanol–water partition coefficient (Wildman–Crippen LogP) is 5.03. The van der Waals surface area contributed by atoms with Crippen molar-refractivity contribution >= 4 is 22.5 Å². The van der Waals surface area contributed by atoms with E-state index in [2.05, 4.69) is 17.7 Å². The van der Waals surface area contributed by atoms with E-state index in [1.54, 1.807) is 12.1 Å². The maximum atomic E-state index is 12.9. The molecule has 0 N–H and O–H groups in total. The first-order chi connectivity index (χ1) is 10.2. The second-order valence-corrected chi connectivity index (χ2v) is 5.23. The van der Waals surface area contributed by atoms with Crippen molar-refractivity contribution in [3.63, 3.8) is 0 Å². The van der Waals surface area contributed by atoms with Crippen molar-refractivity contribution in [1.82, 2.24) is 4.57 Å². The molecule has 0 unspecified atom stereocenters. The molecule has 0 aliphatic heterocycles. The van der Waals surface area contributed by atoms with Gasteiger partial charge in [-0.05, 0) is 37.3 Å². The lowest BCUT2D eigenvalue weighted by Gasteiger charge is -2.05. The van der Waals surface area contributed by atoms with Gasteiger partial charge in [0.2, 0.25) is 0 Å². The van der Waals surface area contributed by atoms with Crippen molar-refractivity contribution in [1.29, 1.82) is 0 Å². The van der Waals surface area contributed by atoms with Crippen LogP contribution in [-0.4, -0.2) is 4.57 Å². The van der Waals surface area contributed by atoms with E-state index in [0.717, 1.165) is 28.0 Å². The number of fused-ring (bicyclic) bond motifs is 1. The summed E-state index contributed by atoms with van der Waals surface area (Å²) in [6.45, 7) is 3.35. The monoisotopic (exact) mass is 303 g/mol. The van der Waals surface area contributed by atoms with Crippen LogP contribution in [-0.2, 0) is 13.2 Å². The Morgan fingerprint density at radius 2 is 1.90 bits per heavy atom. The highest BCUT2D eigenvalue weighted by Gasteiger charge is 2.11. The first kappa shape index (κ1) is 14.0.